The second kappa shape index (κ2) is 7.77. The summed E-state index contributed by atoms with van der Waals surface area (Å²) >= 11 is 0. The van der Waals surface area contributed by atoms with Crippen molar-refractivity contribution >= 4 is 12.0 Å². The Kier molecular flexibility index (Phi) is 6.34. The molecule has 0 aliphatic heterocycles. The Labute approximate surface area is 131 Å². The summed E-state index contributed by atoms with van der Waals surface area (Å²) in [6.45, 7) is 7.51. The molecule has 2 amide bonds. The van der Waals surface area contributed by atoms with Gasteiger partial charge >= 0.3 is 6.09 Å². The van der Waals surface area contributed by atoms with Gasteiger partial charge in [-0.15, -0.1) is 0 Å². The number of aromatic nitrogens is 1. The van der Waals surface area contributed by atoms with Crippen LogP contribution in [0.25, 0.3) is 0 Å². The zero-order valence-corrected chi connectivity index (χ0v) is 13.9. The molecule has 0 radical (unpaired) electrons. The van der Waals surface area contributed by atoms with E-state index in [0.717, 1.165) is 5.69 Å². The van der Waals surface area contributed by atoms with Crippen LogP contribution in [0.15, 0.2) is 24.4 Å². The van der Waals surface area contributed by atoms with Gasteiger partial charge in [0.1, 0.15) is 11.6 Å². The fourth-order valence-corrected chi connectivity index (χ4v) is 1.82. The van der Waals surface area contributed by atoms with E-state index in [9.17, 15) is 9.59 Å². The molecule has 1 rings (SSSR count). The van der Waals surface area contributed by atoms with Crippen LogP contribution in [0.3, 0.4) is 0 Å². The van der Waals surface area contributed by atoms with Gasteiger partial charge in [-0.3, -0.25) is 9.78 Å². The molecule has 6 nitrogen and oxygen atoms in total. The zero-order valence-electron chi connectivity index (χ0n) is 13.9. The number of hydrogen-bond acceptors (Lipinski definition) is 4. The molecule has 0 spiro atoms. The summed E-state index contributed by atoms with van der Waals surface area (Å²) in [6, 6.07) is 5.05. The highest BCUT2D eigenvalue weighted by molar-refractivity contribution is 5.85. The molecular formula is C16H25N3O3. The maximum atomic E-state index is 12.2. The normalized spacial score (nSPS) is 12.4. The number of amides is 2. The molecule has 1 N–H and O–H groups in total. The minimum absolute atomic E-state index is 0.165. The number of rotatable bonds is 5. The number of nitrogens with zero attached hydrogens (tertiary/aromatic N) is 2. The molecule has 0 aliphatic carbocycles. The third-order valence-electron chi connectivity index (χ3n) is 2.91. The van der Waals surface area contributed by atoms with Gasteiger partial charge in [0.25, 0.3) is 0 Å². The van der Waals surface area contributed by atoms with Crippen LogP contribution in [0.1, 0.15) is 33.4 Å². The lowest BCUT2D eigenvalue weighted by Crippen LogP contribution is -2.47. The van der Waals surface area contributed by atoms with Gasteiger partial charge in [-0.25, -0.2) is 4.79 Å². The minimum atomic E-state index is -0.636. The first-order valence-corrected chi connectivity index (χ1v) is 7.33. The molecule has 1 aromatic rings. The van der Waals surface area contributed by atoms with Gasteiger partial charge < -0.3 is 15.0 Å². The lowest BCUT2D eigenvalue weighted by atomic mass is 10.2. The molecule has 1 aromatic heterocycles. The van der Waals surface area contributed by atoms with Crippen LogP contribution < -0.4 is 5.32 Å². The molecule has 0 fully saturated rings. The SMILES string of the molecule is C[C@H](NC(=O)OC(C)(C)C)C(=O)N(C)CCc1ccccn1. The van der Waals surface area contributed by atoms with E-state index in [1.807, 2.05) is 18.2 Å². The van der Waals surface area contributed by atoms with Crippen molar-refractivity contribution in [3.63, 3.8) is 0 Å². The molecule has 22 heavy (non-hydrogen) atoms. The zero-order chi connectivity index (χ0) is 16.8. The van der Waals surface area contributed by atoms with Gasteiger partial charge in [-0.2, -0.15) is 0 Å². The summed E-state index contributed by atoms with van der Waals surface area (Å²) in [4.78, 5) is 29.7. The monoisotopic (exact) mass is 307 g/mol. The predicted octanol–water partition coefficient (Wildman–Crippen LogP) is 2.00. The van der Waals surface area contributed by atoms with Gasteiger partial charge in [0.05, 0.1) is 0 Å². The van der Waals surface area contributed by atoms with Gasteiger partial charge in [0, 0.05) is 31.9 Å². The molecule has 0 bridgehead atoms. The molecule has 0 saturated carbocycles. The van der Waals surface area contributed by atoms with Crippen LogP contribution in [0.5, 0.6) is 0 Å². The first-order chi connectivity index (χ1) is 10.2. The number of carbonyl (C=O) groups is 2. The average Bonchev–Trinajstić information content (AvgIpc) is 2.42. The highest BCUT2D eigenvalue weighted by atomic mass is 16.6. The fraction of sp³-hybridized carbons (Fsp3) is 0.562. The van der Waals surface area contributed by atoms with E-state index < -0.39 is 17.7 Å². The third kappa shape index (κ3) is 6.56. The molecule has 6 heteroatoms. The first-order valence-electron chi connectivity index (χ1n) is 7.33. The molecule has 0 saturated heterocycles. The number of alkyl carbamates (subject to hydrolysis) is 1. The second-order valence-electron chi connectivity index (χ2n) is 6.20. The largest absolute Gasteiger partial charge is 0.444 e. The van der Waals surface area contributed by atoms with E-state index in [1.54, 1.807) is 45.8 Å². The lowest BCUT2D eigenvalue weighted by molar-refractivity contribution is -0.131. The Bertz CT molecular complexity index is 497. The van der Waals surface area contributed by atoms with E-state index >= 15 is 0 Å². The number of hydrogen-bond donors (Lipinski definition) is 1. The van der Waals surface area contributed by atoms with Crippen LogP contribution in [-0.2, 0) is 16.0 Å². The van der Waals surface area contributed by atoms with Crippen molar-refractivity contribution in [2.45, 2.75) is 45.8 Å². The highest BCUT2D eigenvalue weighted by Crippen LogP contribution is 2.07. The summed E-state index contributed by atoms with van der Waals surface area (Å²) in [6.07, 6.45) is 1.80. The molecule has 0 unspecified atom stereocenters. The second-order valence-corrected chi connectivity index (χ2v) is 6.20. The number of likely N-dealkylation sites (N-methyl/N-ethyl adjacent to an activating group) is 1. The quantitative estimate of drug-likeness (QED) is 0.903. The van der Waals surface area contributed by atoms with Gasteiger partial charge in [-0.1, -0.05) is 6.07 Å². The van der Waals surface area contributed by atoms with E-state index in [4.69, 9.17) is 4.74 Å². The van der Waals surface area contributed by atoms with Crippen molar-refractivity contribution in [1.29, 1.82) is 0 Å². The molecule has 122 valence electrons. The van der Waals surface area contributed by atoms with Crippen LogP contribution in [0.4, 0.5) is 4.79 Å². The minimum Gasteiger partial charge on any atom is -0.444 e. The van der Waals surface area contributed by atoms with Crippen molar-refractivity contribution in [3.05, 3.63) is 30.1 Å². The first kappa shape index (κ1) is 17.9. The molecular weight excluding hydrogens is 282 g/mol. The predicted molar refractivity (Wildman–Crippen MR) is 84.4 cm³/mol. The standard InChI is InChI=1S/C16H25N3O3/c1-12(18-15(21)22-16(2,3)4)14(20)19(5)11-9-13-8-6-7-10-17-13/h6-8,10,12H,9,11H2,1-5H3,(H,18,21)/t12-/m0/s1. The topological polar surface area (TPSA) is 71.5 Å². The summed E-state index contributed by atoms with van der Waals surface area (Å²) in [7, 11) is 1.71. The number of carbonyl (C=O) groups excluding carboxylic acids is 2. The number of ether oxygens (including phenoxy) is 1. The van der Waals surface area contributed by atoms with Gasteiger partial charge in [0.15, 0.2) is 0 Å². The maximum Gasteiger partial charge on any atom is 0.408 e. The van der Waals surface area contributed by atoms with Crippen molar-refractivity contribution in [3.8, 4) is 0 Å². The molecule has 0 aliphatic rings. The van der Waals surface area contributed by atoms with E-state index in [0.29, 0.717) is 13.0 Å². The Balaban J connectivity index is 2.43. The van der Waals surface area contributed by atoms with Crippen molar-refractivity contribution in [1.82, 2.24) is 15.2 Å². The van der Waals surface area contributed by atoms with Crippen LogP contribution in [-0.4, -0.2) is 47.1 Å². The van der Waals surface area contributed by atoms with Crippen molar-refractivity contribution in [2.75, 3.05) is 13.6 Å². The summed E-state index contributed by atoms with van der Waals surface area (Å²) < 4.78 is 5.14. The summed E-state index contributed by atoms with van der Waals surface area (Å²) in [5, 5.41) is 2.55. The van der Waals surface area contributed by atoms with E-state index in [1.165, 1.54) is 0 Å². The van der Waals surface area contributed by atoms with Gasteiger partial charge in [0.2, 0.25) is 5.91 Å². The Morgan fingerprint density at radius 1 is 1.36 bits per heavy atom. The lowest BCUT2D eigenvalue weighted by Gasteiger charge is -2.24. The Morgan fingerprint density at radius 3 is 2.59 bits per heavy atom. The molecule has 1 heterocycles. The molecule has 1 atom stereocenters. The van der Waals surface area contributed by atoms with Gasteiger partial charge in [-0.05, 0) is 39.8 Å². The Hall–Kier alpha value is -2.11. The fourth-order valence-electron chi connectivity index (χ4n) is 1.82. The number of nitrogens with one attached hydrogen (secondary N) is 1. The van der Waals surface area contributed by atoms with E-state index in [-0.39, 0.29) is 5.91 Å². The maximum absolute atomic E-state index is 12.2. The van der Waals surface area contributed by atoms with Crippen LogP contribution in [0, 0.1) is 0 Å². The van der Waals surface area contributed by atoms with Crippen LogP contribution in [0.2, 0.25) is 0 Å². The van der Waals surface area contributed by atoms with E-state index in [2.05, 4.69) is 10.3 Å². The Morgan fingerprint density at radius 2 is 2.05 bits per heavy atom. The van der Waals surface area contributed by atoms with Crippen molar-refractivity contribution in [2.24, 2.45) is 0 Å². The number of pyridine rings is 1. The summed E-state index contributed by atoms with van der Waals surface area (Å²) in [5.74, 6) is -0.165. The third-order valence-corrected chi connectivity index (χ3v) is 2.91. The smallest absolute Gasteiger partial charge is 0.408 e. The molecule has 0 aromatic carbocycles. The van der Waals surface area contributed by atoms with Crippen LogP contribution >= 0.6 is 0 Å². The van der Waals surface area contributed by atoms with Crippen molar-refractivity contribution < 1.29 is 14.3 Å². The average molecular weight is 307 g/mol. The summed E-state index contributed by atoms with van der Waals surface area (Å²) in [5.41, 5.74) is 0.340. The highest BCUT2D eigenvalue weighted by Gasteiger charge is 2.22.